The van der Waals surface area contributed by atoms with Crippen molar-refractivity contribution >= 4 is 17.3 Å². The van der Waals surface area contributed by atoms with Crippen LogP contribution >= 0.6 is 0 Å². The van der Waals surface area contributed by atoms with E-state index in [0.717, 1.165) is 36.3 Å². The molecule has 0 aliphatic carbocycles. The Bertz CT molecular complexity index is 519. The first-order valence-electron chi connectivity index (χ1n) is 7.44. The Kier molecular flexibility index (Phi) is 3.42. The molecule has 1 atom stereocenters. The van der Waals surface area contributed by atoms with Gasteiger partial charge in [0, 0.05) is 30.0 Å². The number of hydrogen-bond donors (Lipinski definition) is 2. The molecule has 0 spiro atoms. The van der Waals surface area contributed by atoms with Gasteiger partial charge in [0.05, 0.1) is 0 Å². The highest BCUT2D eigenvalue weighted by atomic mass is 16.3. The zero-order valence-electron chi connectivity index (χ0n) is 12.1. The summed E-state index contributed by atoms with van der Waals surface area (Å²) in [5.74, 6) is 1.25. The smallest absolute Gasteiger partial charge is 0.257 e. The van der Waals surface area contributed by atoms with Crippen LogP contribution in [-0.2, 0) is 4.79 Å². The number of aliphatic hydroxyl groups excluding tert-OH is 1. The van der Waals surface area contributed by atoms with Crippen molar-refractivity contribution in [2.24, 2.45) is 11.8 Å². The van der Waals surface area contributed by atoms with Crippen LogP contribution in [0.1, 0.15) is 38.4 Å². The van der Waals surface area contributed by atoms with Crippen molar-refractivity contribution in [3.05, 3.63) is 23.8 Å². The molecule has 1 aromatic carbocycles. The minimum absolute atomic E-state index is 0.323. The maximum Gasteiger partial charge on any atom is 0.257 e. The van der Waals surface area contributed by atoms with E-state index in [9.17, 15) is 9.90 Å². The maximum atomic E-state index is 11.5. The lowest BCUT2D eigenvalue weighted by Gasteiger charge is -2.35. The van der Waals surface area contributed by atoms with Crippen LogP contribution in [0.2, 0.25) is 0 Å². The van der Waals surface area contributed by atoms with Crippen LogP contribution < -0.4 is 10.2 Å². The third-order valence-electron chi connectivity index (χ3n) is 4.69. The number of benzene rings is 1. The Morgan fingerprint density at radius 1 is 1.30 bits per heavy atom. The van der Waals surface area contributed by atoms with Crippen molar-refractivity contribution in [3.8, 4) is 0 Å². The quantitative estimate of drug-likeness (QED) is 0.871. The number of carbonyl (C=O) groups excluding carboxylic acids is 1. The molecule has 1 aromatic rings. The van der Waals surface area contributed by atoms with E-state index in [1.54, 1.807) is 0 Å². The second-order valence-corrected chi connectivity index (χ2v) is 6.23. The second kappa shape index (κ2) is 5.09. The first-order valence-corrected chi connectivity index (χ1v) is 7.44. The molecule has 4 nitrogen and oxygen atoms in total. The molecule has 2 heterocycles. The molecule has 3 rings (SSSR count). The van der Waals surface area contributed by atoms with E-state index in [-0.39, 0.29) is 5.91 Å². The number of rotatable bonds is 2. The topological polar surface area (TPSA) is 52.6 Å². The molecule has 2 N–H and O–H groups in total. The van der Waals surface area contributed by atoms with Gasteiger partial charge in [-0.25, -0.2) is 0 Å². The molecule has 0 saturated carbocycles. The fourth-order valence-electron chi connectivity index (χ4n) is 3.25. The van der Waals surface area contributed by atoms with Crippen molar-refractivity contribution in [2.75, 3.05) is 23.3 Å². The van der Waals surface area contributed by atoms with Crippen LogP contribution in [0.4, 0.5) is 11.4 Å². The molecule has 108 valence electrons. The number of anilines is 2. The standard InChI is InChI=1S/C16H22N2O2/c1-10(2)11-5-7-18(8-6-11)12-3-4-13-14(9-12)17-16(20)15(13)19/h3-4,9-11,15,19H,5-8H2,1-2H3,(H,17,20). The molecule has 1 fully saturated rings. The molecule has 1 unspecified atom stereocenters. The van der Waals surface area contributed by atoms with Gasteiger partial charge in [-0.2, -0.15) is 0 Å². The lowest BCUT2D eigenvalue weighted by molar-refractivity contribution is -0.123. The largest absolute Gasteiger partial charge is 0.378 e. The summed E-state index contributed by atoms with van der Waals surface area (Å²) >= 11 is 0. The summed E-state index contributed by atoms with van der Waals surface area (Å²) < 4.78 is 0. The number of nitrogens with one attached hydrogen (secondary N) is 1. The number of fused-ring (bicyclic) bond motifs is 1. The van der Waals surface area contributed by atoms with Crippen molar-refractivity contribution in [2.45, 2.75) is 32.8 Å². The summed E-state index contributed by atoms with van der Waals surface area (Å²) in [7, 11) is 0. The third-order valence-corrected chi connectivity index (χ3v) is 4.69. The lowest BCUT2D eigenvalue weighted by atomic mass is 9.86. The average Bonchev–Trinajstić information content (AvgIpc) is 2.74. The van der Waals surface area contributed by atoms with Crippen molar-refractivity contribution in [1.29, 1.82) is 0 Å². The van der Waals surface area contributed by atoms with Crippen LogP contribution in [0.5, 0.6) is 0 Å². The van der Waals surface area contributed by atoms with Gasteiger partial charge >= 0.3 is 0 Å². The normalized spacial score (nSPS) is 23.1. The summed E-state index contributed by atoms with van der Waals surface area (Å²) in [5, 5.41) is 12.5. The van der Waals surface area contributed by atoms with E-state index in [2.05, 4.69) is 24.1 Å². The second-order valence-electron chi connectivity index (χ2n) is 6.23. The highest BCUT2D eigenvalue weighted by molar-refractivity contribution is 6.02. The van der Waals surface area contributed by atoms with E-state index in [0.29, 0.717) is 5.56 Å². The molecule has 2 aliphatic rings. The van der Waals surface area contributed by atoms with Crippen molar-refractivity contribution in [1.82, 2.24) is 0 Å². The molecular formula is C16H22N2O2. The number of carbonyl (C=O) groups is 1. The molecular weight excluding hydrogens is 252 g/mol. The average molecular weight is 274 g/mol. The van der Waals surface area contributed by atoms with Gasteiger partial charge in [-0.05, 0) is 36.8 Å². The van der Waals surface area contributed by atoms with Crippen LogP contribution in [0, 0.1) is 11.8 Å². The van der Waals surface area contributed by atoms with E-state index >= 15 is 0 Å². The summed E-state index contributed by atoms with van der Waals surface area (Å²) in [5.41, 5.74) is 2.59. The van der Waals surface area contributed by atoms with E-state index in [1.165, 1.54) is 12.8 Å². The Morgan fingerprint density at radius 2 is 2.00 bits per heavy atom. The zero-order valence-corrected chi connectivity index (χ0v) is 12.1. The number of piperidine rings is 1. The van der Waals surface area contributed by atoms with Crippen LogP contribution in [0.15, 0.2) is 18.2 Å². The summed E-state index contributed by atoms with van der Waals surface area (Å²) in [6.45, 7) is 6.73. The minimum atomic E-state index is -1.01. The molecule has 1 amide bonds. The number of aliphatic hydroxyl groups is 1. The Hall–Kier alpha value is -1.55. The van der Waals surface area contributed by atoms with Gasteiger partial charge in [-0.1, -0.05) is 19.9 Å². The van der Waals surface area contributed by atoms with Gasteiger partial charge in [-0.15, -0.1) is 0 Å². The number of amides is 1. The van der Waals surface area contributed by atoms with Gasteiger partial charge in [0.25, 0.3) is 5.91 Å². The Morgan fingerprint density at radius 3 is 2.65 bits per heavy atom. The van der Waals surface area contributed by atoms with E-state index in [4.69, 9.17) is 0 Å². The minimum Gasteiger partial charge on any atom is -0.378 e. The van der Waals surface area contributed by atoms with Crippen LogP contribution in [0.3, 0.4) is 0 Å². The SMILES string of the molecule is CC(C)C1CCN(c2ccc3c(c2)NC(=O)C3O)CC1. The fraction of sp³-hybridized carbons (Fsp3) is 0.562. The van der Waals surface area contributed by atoms with Gasteiger partial charge in [-0.3, -0.25) is 4.79 Å². The van der Waals surface area contributed by atoms with Crippen molar-refractivity contribution in [3.63, 3.8) is 0 Å². The summed E-state index contributed by atoms with van der Waals surface area (Å²) in [6, 6.07) is 5.86. The zero-order chi connectivity index (χ0) is 14.3. The van der Waals surface area contributed by atoms with Gasteiger partial charge in [0.2, 0.25) is 0 Å². The van der Waals surface area contributed by atoms with Gasteiger partial charge in [0.15, 0.2) is 6.10 Å². The first-order chi connectivity index (χ1) is 9.56. The summed E-state index contributed by atoms with van der Waals surface area (Å²) in [6.07, 6.45) is 1.44. The highest BCUT2D eigenvalue weighted by Gasteiger charge is 2.29. The third kappa shape index (κ3) is 2.29. The van der Waals surface area contributed by atoms with Gasteiger partial charge in [0.1, 0.15) is 0 Å². The Balaban J connectivity index is 1.74. The van der Waals surface area contributed by atoms with Gasteiger partial charge < -0.3 is 15.3 Å². The molecule has 2 aliphatic heterocycles. The monoisotopic (exact) mass is 274 g/mol. The van der Waals surface area contributed by atoms with Crippen LogP contribution in [-0.4, -0.2) is 24.1 Å². The first kappa shape index (κ1) is 13.4. The Labute approximate surface area is 119 Å². The predicted molar refractivity (Wildman–Crippen MR) is 79.8 cm³/mol. The van der Waals surface area contributed by atoms with E-state index < -0.39 is 6.10 Å². The maximum absolute atomic E-state index is 11.5. The molecule has 1 saturated heterocycles. The highest BCUT2D eigenvalue weighted by Crippen LogP contribution is 2.35. The lowest BCUT2D eigenvalue weighted by Crippen LogP contribution is -2.35. The van der Waals surface area contributed by atoms with Crippen LogP contribution in [0.25, 0.3) is 0 Å². The predicted octanol–water partition coefficient (Wildman–Crippen LogP) is 2.54. The summed E-state index contributed by atoms with van der Waals surface area (Å²) in [4.78, 5) is 13.8. The number of nitrogens with zero attached hydrogens (tertiary/aromatic N) is 1. The van der Waals surface area contributed by atoms with Crippen molar-refractivity contribution < 1.29 is 9.90 Å². The molecule has 4 heteroatoms. The fourth-order valence-corrected chi connectivity index (χ4v) is 3.25. The number of hydrogen-bond acceptors (Lipinski definition) is 3. The van der Waals surface area contributed by atoms with E-state index in [1.807, 2.05) is 18.2 Å². The molecule has 20 heavy (non-hydrogen) atoms. The molecule has 0 bridgehead atoms. The molecule has 0 aromatic heterocycles. The molecule has 0 radical (unpaired) electrons.